The van der Waals surface area contributed by atoms with Crippen molar-refractivity contribution in [2.24, 2.45) is 11.8 Å². The van der Waals surface area contributed by atoms with Crippen molar-refractivity contribution < 1.29 is 42.1 Å². The summed E-state index contributed by atoms with van der Waals surface area (Å²) in [4.78, 5) is 34.7. The molecule has 0 aromatic heterocycles. The SMILES string of the molecule is CCC(=O)O[C@@H](OC(=O)NC[C@H](Cc1cccc(C(F)(F)F)c1)C(=O)O)C(C)C. The molecule has 0 aliphatic carbocycles. The van der Waals surface area contributed by atoms with Gasteiger partial charge in [0.05, 0.1) is 11.5 Å². The van der Waals surface area contributed by atoms with E-state index in [1.54, 1.807) is 20.8 Å². The van der Waals surface area contributed by atoms with Crippen molar-refractivity contribution in [1.29, 1.82) is 0 Å². The van der Waals surface area contributed by atoms with Crippen molar-refractivity contribution in [3.63, 3.8) is 0 Å². The first-order valence-electron chi connectivity index (χ1n) is 8.96. The molecule has 0 aliphatic rings. The van der Waals surface area contributed by atoms with E-state index < -0.39 is 42.0 Å². The number of carboxylic acid groups (broad SMARTS) is 1. The van der Waals surface area contributed by atoms with Crippen molar-refractivity contribution in [1.82, 2.24) is 5.32 Å². The highest BCUT2D eigenvalue weighted by molar-refractivity contribution is 5.73. The highest BCUT2D eigenvalue weighted by Crippen LogP contribution is 2.30. The molecule has 0 saturated carbocycles. The molecule has 0 fully saturated rings. The van der Waals surface area contributed by atoms with Crippen molar-refractivity contribution >= 4 is 18.0 Å². The van der Waals surface area contributed by atoms with Crippen LogP contribution in [0.4, 0.5) is 18.0 Å². The zero-order valence-electron chi connectivity index (χ0n) is 16.3. The Balaban J connectivity index is 2.72. The largest absolute Gasteiger partial charge is 0.481 e. The number of carboxylic acids is 1. The van der Waals surface area contributed by atoms with Crippen LogP contribution in [0.3, 0.4) is 0 Å². The highest BCUT2D eigenvalue weighted by atomic mass is 19.4. The summed E-state index contributed by atoms with van der Waals surface area (Å²) in [6, 6.07) is 4.32. The van der Waals surface area contributed by atoms with E-state index >= 15 is 0 Å². The van der Waals surface area contributed by atoms with E-state index in [1.165, 1.54) is 12.1 Å². The quantitative estimate of drug-likeness (QED) is 0.468. The Morgan fingerprint density at radius 2 is 1.83 bits per heavy atom. The van der Waals surface area contributed by atoms with Gasteiger partial charge in [0.2, 0.25) is 0 Å². The molecular formula is C19H24F3NO6. The van der Waals surface area contributed by atoms with Gasteiger partial charge in [0.1, 0.15) is 0 Å². The second kappa shape index (κ2) is 10.7. The van der Waals surface area contributed by atoms with E-state index in [1.807, 2.05) is 0 Å². The van der Waals surface area contributed by atoms with E-state index in [0.717, 1.165) is 12.1 Å². The molecule has 7 nitrogen and oxygen atoms in total. The minimum Gasteiger partial charge on any atom is -0.481 e. The zero-order valence-corrected chi connectivity index (χ0v) is 16.3. The van der Waals surface area contributed by atoms with Crippen molar-refractivity contribution in [3.8, 4) is 0 Å². The number of alkyl halides is 3. The molecule has 0 heterocycles. The van der Waals surface area contributed by atoms with Crippen LogP contribution in [0.5, 0.6) is 0 Å². The smallest absolute Gasteiger partial charge is 0.416 e. The average Bonchev–Trinajstić information content (AvgIpc) is 2.63. The van der Waals surface area contributed by atoms with Crippen LogP contribution in [0.25, 0.3) is 0 Å². The summed E-state index contributed by atoms with van der Waals surface area (Å²) in [6.45, 7) is 4.52. The standard InChI is InChI=1S/C19H24F3NO6/c1-4-15(24)28-17(11(2)3)29-18(27)23-10-13(16(25)26)8-12-6-5-7-14(9-12)19(20,21)22/h5-7,9,11,13,17H,4,8,10H2,1-3H3,(H,23,27)(H,25,26)/t13-,17-/m0/s1. The van der Waals surface area contributed by atoms with Gasteiger partial charge in [-0.15, -0.1) is 0 Å². The van der Waals surface area contributed by atoms with E-state index in [0.29, 0.717) is 0 Å². The number of benzene rings is 1. The normalized spacial score (nSPS) is 13.5. The predicted molar refractivity (Wildman–Crippen MR) is 95.8 cm³/mol. The number of alkyl carbamates (subject to hydrolysis) is 1. The highest BCUT2D eigenvalue weighted by Gasteiger charge is 2.31. The van der Waals surface area contributed by atoms with Gasteiger partial charge in [0.15, 0.2) is 0 Å². The Bertz CT molecular complexity index is 720. The third kappa shape index (κ3) is 8.41. The molecule has 0 saturated heterocycles. The van der Waals surface area contributed by atoms with Crippen LogP contribution in [0.2, 0.25) is 0 Å². The molecule has 0 spiro atoms. The molecule has 0 radical (unpaired) electrons. The van der Waals surface area contributed by atoms with Gasteiger partial charge in [0, 0.05) is 18.9 Å². The Morgan fingerprint density at radius 3 is 2.34 bits per heavy atom. The summed E-state index contributed by atoms with van der Waals surface area (Å²) in [5, 5.41) is 11.6. The predicted octanol–water partition coefficient (Wildman–Crippen LogP) is 3.61. The number of hydrogen-bond acceptors (Lipinski definition) is 5. The second-order valence-corrected chi connectivity index (χ2v) is 6.68. The molecule has 1 aromatic rings. The van der Waals surface area contributed by atoms with Crippen LogP contribution in [-0.2, 0) is 31.7 Å². The molecular weight excluding hydrogens is 395 g/mol. The van der Waals surface area contributed by atoms with Crippen LogP contribution in [0.15, 0.2) is 24.3 Å². The molecule has 0 aliphatic heterocycles. The van der Waals surface area contributed by atoms with Crippen molar-refractivity contribution in [3.05, 3.63) is 35.4 Å². The molecule has 2 N–H and O–H groups in total. The Morgan fingerprint density at radius 1 is 1.17 bits per heavy atom. The van der Waals surface area contributed by atoms with Gasteiger partial charge in [-0.05, 0) is 18.1 Å². The van der Waals surface area contributed by atoms with Gasteiger partial charge >= 0.3 is 24.2 Å². The molecule has 0 bridgehead atoms. The lowest BCUT2D eigenvalue weighted by Crippen LogP contribution is -2.38. The number of hydrogen-bond donors (Lipinski definition) is 2. The first-order valence-corrected chi connectivity index (χ1v) is 8.96. The molecule has 2 atom stereocenters. The van der Waals surface area contributed by atoms with Gasteiger partial charge in [0.25, 0.3) is 6.29 Å². The van der Waals surface area contributed by atoms with Crippen LogP contribution in [-0.4, -0.2) is 36.0 Å². The van der Waals surface area contributed by atoms with Gasteiger partial charge in [-0.1, -0.05) is 39.0 Å². The number of amides is 1. The van der Waals surface area contributed by atoms with E-state index in [2.05, 4.69) is 5.32 Å². The molecule has 162 valence electrons. The van der Waals surface area contributed by atoms with E-state index in [9.17, 15) is 32.7 Å². The minimum atomic E-state index is -4.54. The third-order valence-electron chi connectivity index (χ3n) is 3.88. The van der Waals surface area contributed by atoms with Crippen LogP contribution in [0, 0.1) is 11.8 Å². The average molecular weight is 419 g/mol. The summed E-state index contributed by atoms with van der Waals surface area (Å²) >= 11 is 0. The second-order valence-electron chi connectivity index (χ2n) is 6.68. The maximum Gasteiger partial charge on any atom is 0.416 e. The molecule has 29 heavy (non-hydrogen) atoms. The lowest BCUT2D eigenvalue weighted by atomic mass is 9.98. The molecule has 1 rings (SSSR count). The molecule has 0 unspecified atom stereocenters. The molecule has 1 aromatic carbocycles. The summed E-state index contributed by atoms with van der Waals surface area (Å²) in [6.07, 6.45) is -6.82. The number of aliphatic carboxylic acids is 1. The number of nitrogens with one attached hydrogen (secondary N) is 1. The van der Waals surface area contributed by atoms with E-state index in [-0.39, 0.29) is 30.9 Å². The number of halogens is 3. The van der Waals surface area contributed by atoms with Crippen LogP contribution < -0.4 is 5.32 Å². The topological polar surface area (TPSA) is 102 Å². The Labute approximate surface area is 166 Å². The lowest BCUT2D eigenvalue weighted by Gasteiger charge is -2.22. The van der Waals surface area contributed by atoms with Crippen molar-refractivity contribution in [2.45, 2.75) is 46.1 Å². The number of rotatable bonds is 9. The number of esters is 1. The van der Waals surface area contributed by atoms with Gasteiger partial charge < -0.3 is 19.9 Å². The molecule has 10 heteroatoms. The molecule has 1 amide bonds. The summed E-state index contributed by atoms with van der Waals surface area (Å²) in [7, 11) is 0. The van der Waals surface area contributed by atoms with Crippen molar-refractivity contribution in [2.75, 3.05) is 6.54 Å². The first kappa shape index (κ1) is 24.3. The summed E-state index contributed by atoms with van der Waals surface area (Å²) < 4.78 is 48.4. The number of ether oxygens (including phenoxy) is 2. The van der Waals surface area contributed by atoms with Gasteiger partial charge in [-0.25, -0.2) is 4.79 Å². The fourth-order valence-corrected chi connectivity index (χ4v) is 2.27. The first-order chi connectivity index (χ1) is 13.4. The van der Waals surface area contributed by atoms with Gasteiger partial charge in [-0.2, -0.15) is 13.2 Å². The van der Waals surface area contributed by atoms with Crippen LogP contribution in [0.1, 0.15) is 38.3 Å². The zero-order chi connectivity index (χ0) is 22.2. The summed E-state index contributed by atoms with van der Waals surface area (Å²) in [5.41, 5.74) is -0.719. The third-order valence-corrected chi connectivity index (χ3v) is 3.88. The fraction of sp³-hybridized carbons (Fsp3) is 0.526. The van der Waals surface area contributed by atoms with Crippen LogP contribution >= 0.6 is 0 Å². The minimum absolute atomic E-state index is 0.0896. The maximum atomic E-state index is 12.8. The van der Waals surface area contributed by atoms with Gasteiger partial charge in [-0.3, -0.25) is 9.59 Å². The lowest BCUT2D eigenvalue weighted by molar-refractivity contribution is -0.174. The number of carbonyl (C=O) groups is 3. The Kier molecular flexibility index (Phi) is 8.93. The van der Waals surface area contributed by atoms with E-state index in [4.69, 9.17) is 9.47 Å². The summed E-state index contributed by atoms with van der Waals surface area (Å²) in [5.74, 6) is -3.37. The number of carbonyl (C=O) groups excluding carboxylic acids is 2. The maximum absolute atomic E-state index is 12.8. The fourth-order valence-electron chi connectivity index (χ4n) is 2.27. The Hall–Kier alpha value is -2.78. The monoisotopic (exact) mass is 419 g/mol.